The first-order chi connectivity index (χ1) is 13.5. The monoisotopic (exact) mass is 397 g/mol. The molecule has 1 unspecified atom stereocenters. The predicted molar refractivity (Wildman–Crippen MR) is 110 cm³/mol. The van der Waals surface area contributed by atoms with Crippen LogP contribution in [0.15, 0.2) is 36.5 Å². The van der Waals surface area contributed by atoms with Gasteiger partial charge in [-0.05, 0) is 50.6 Å². The van der Waals surface area contributed by atoms with Crippen molar-refractivity contribution >= 4 is 9.84 Å². The SMILES string of the molecule is O=S1(=O)CCC(N2CCCC3(CCc4cnc(-c5ccccc5)nc43)C2)CC1. The Bertz CT molecular complexity index is 959. The molecule has 148 valence electrons. The summed E-state index contributed by atoms with van der Waals surface area (Å²) in [5.41, 5.74) is 3.72. The van der Waals surface area contributed by atoms with Crippen LogP contribution in [0.1, 0.15) is 43.4 Å². The van der Waals surface area contributed by atoms with Gasteiger partial charge in [-0.2, -0.15) is 0 Å². The summed E-state index contributed by atoms with van der Waals surface area (Å²) < 4.78 is 23.7. The van der Waals surface area contributed by atoms with E-state index in [1.54, 1.807) is 0 Å². The lowest BCUT2D eigenvalue weighted by Gasteiger charge is -2.45. The van der Waals surface area contributed by atoms with Gasteiger partial charge in [-0.1, -0.05) is 30.3 Å². The van der Waals surface area contributed by atoms with Crippen molar-refractivity contribution in [3.05, 3.63) is 47.8 Å². The van der Waals surface area contributed by atoms with Gasteiger partial charge in [0.2, 0.25) is 0 Å². The number of aryl methyl sites for hydroxylation is 1. The lowest BCUT2D eigenvalue weighted by atomic mass is 9.77. The third-order valence-corrected chi connectivity index (χ3v) is 8.63. The second-order valence-corrected chi connectivity index (χ2v) is 11.0. The molecular weight excluding hydrogens is 370 g/mol. The zero-order valence-electron chi connectivity index (χ0n) is 16.2. The Hall–Kier alpha value is -1.79. The van der Waals surface area contributed by atoms with Crippen molar-refractivity contribution in [1.82, 2.24) is 14.9 Å². The number of hydrogen-bond donors (Lipinski definition) is 0. The van der Waals surface area contributed by atoms with Gasteiger partial charge in [-0.25, -0.2) is 18.4 Å². The van der Waals surface area contributed by atoms with Crippen molar-refractivity contribution in [3.8, 4) is 11.4 Å². The fourth-order valence-electron chi connectivity index (χ4n) is 5.39. The number of aromatic nitrogens is 2. The van der Waals surface area contributed by atoms with Gasteiger partial charge in [-0.3, -0.25) is 4.90 Å². The third-order valence-electron chi connectivity index (χ3n) is 6.92. The minimum Gasteiger partial charge on any atom is -0.299 e. The van der Waals surface area contributed by atoms with E-state index in [9.17, 15) is 8.42 Å². The fraction of sp³-hybridized carbons (Fsp3) is 0.545. The molecule has 0 radical (unpaired) electrons. The molecule has 1 aliphatic carbocycles. The number of hydrogen-bond acceptors (Lipinski definition) is 5. The first-order valence-electron chi connectivity index (χ1n) is 10.4. The molecule has 2 aliphatic heterocycles. The highest BCUT2D eigenvalue weighted by molar-refractivity contribution is 7.91. The normalized spacial score (nSPS) is 27.7. The van der Waals surface area contributed by atoms with Crippen LogP contribution in [0.5, 0.6) is 0 Å². The molecule has 5 rings (SSSR count). The van der Waals surface area contributed by atoms with E-state index >= 15 is 0 Å². The van der Waals surface area contributed by atoms with E-state index in [0.29, 0.717) is 17.5 Å². The Labute approximate surface area is 167 Å². The summed E-state index contributed by atoms with van der Waals surface area (Å²) in [5.74, 6) is 1.51. The van der Waals surface area contributed by atoms with E-state index in [0.717, 1.165) is 56.6 Å². The van der Waals surface area contributed by atoms with E-state index in [4.69, 9.17) is 4.98 Å². The highest BCUT2D eigenvalue weighted by atomic mass is 32.2. The first-order valence-corrected chi connectivity index (χ1v) is 12.2. The molecule has 28 heavy (non-hydrogen) atoms. The number of benzene rings is 1. The second kappa shape index (κ2) is 6.92. The summed E-state index contributed by atoms with van der Waals surface area (Å²) in [4.78, 5) is 12.3. The molecule has 2 saturated heterocycles. The average Bonchev–Trinajstić information content (AvgIpc) is 3.06. The van der Waals surface area contributed by atoms with E-state index < -0.39 is 9.84 Å². The molecule has 1 atom stereocenters. The van der Waals surface area contributed by atoms with Gasteiger partial charge in [0.05, 0.1) is 17.2 Å². The fourth-order valence-corrected chi connectivity index (χ4v) is 6.85. The zero-order chi connectivity index (χ0) is 19.2. The van der Waals surface area contributed by atoms with Gasteiger partial charge in [-0.15, -0.1) is 0 Å². The Morgan fingerprint density at radius 2 is 1.86 bits per heavy atom. The lowest BCUT2D eigenvalue weighted by molar-refractivity contribution is 0.0934. The molecule has 3 heterocycles. The van der Waals surface area contributed by atoms with Gasteiger partial charge in [0, 0.05) is 29.8 Å². The smallest absolute Gasteiger partial charge is 0.159 e. The molecule has 0 bridgehead atoms. The molecule has 2 fully saturated rings. The number of fused-ring (bicyclic) bond motifs is 2. The first kappa shape index (κ1) is 18.3. The number of rotatable bonds is 2. The molecule has 5 nitrogen and oxygen atoms in total. The van der Waals surface area contributed by atoms with Crippen molar-refractivity contribution in [3.63, 3.8) is 0 Å². The van der Waals surface area contributed by atoms with Crippen LogP contribution in [0.4, 0.5) is 0 Å². The molecule has 1 aromatic carbocycles. The number of likely N-dealkylation sites (tertiary alicyclic amines) is 1. The lowest BCUT2D eigenvalue weighted by Crippen LogP contribution is -2.51. The Morgan fingerprint density at radius 3 is 2.64 bits per heavy atom. The summed E-state index contributed by atoms with van der Waals surface area (Å²) in [7, 11) is -2.81. The minimum atomic E-state index is -2.81. The summed E-state index contributed by atoms with van der Waals surface area (Å²) in [6, 6.07) is 10.6. The molecular formula is C22H27N3O2S. The van der Waals surface area contributed by atoms with Crippen LogP contribution in [-0.2, 0) is 21.7 Å². The van der Waals surface area contributed by atoms with Crippen molar-refractivity contribution in [2.45, 2.75) is 50.0 Å². The third kappa shape index (κ3) is 3.26. The maximum Gasteiger partial charge on any atom is 0.159 e. The van der Waals surface area contributed by atoms with E-state index in [-0.39, 0.29) is 5.41 Å². The van der Waals surface area contributed by atoms with Crippen LogP contribution >= 0.6 is 0 Å². The molecule has 0 N–H and O–H groups in total. The van der Waals surface area contributed by atoms with Crippen LogP contribution in [0, 0.1) is 0 Å². The minimum absolute atomic E-state index is 0.108. The average molecular weight is 398 g/mol. The molecule has 1 spiro atoms. The molecule has 0 amide bonds. The van der Waals surface area contributed by atoms with Crippen molar-refractivity contribution in [2.75, 3.05) is 24.6 Å². The quantitative estimate of drug-likeness (QED) is 0.780. The predicted octanol–water partition coefficient (Wildman–Crippen LogP) is 3.00. The summed E-state index contributed by atoms with van der Waals surface area (Å²) >= 11 is 0. The van der Waals surface area contributed by atoms with E-state index in [2.05, 4.69) is 22.0 Å². The molecule has 1 aromatic heterocycles. The van der Waals surface area contributed by atoms with Crippen LogP contribution < -0.4 is 0 Å². The van der Waals surface area contributed by atoms with Gasteiger partial charge < -0.3 is 0 Å². The maximum absolute atomic E-state index is 11.8. The second-order valence-electron chi connectivity index (χ2n) is 8.67. The zero-order valence-corrected chi connectivity index (χ0v) is 17.0. The van der Waals surface area contributed by atoms with Gasteiger partial charge >= 0.3 is 0 Å². The number of sulfone groups is 1. The van der Waals surface area contributed by atoms with Crippen LogP contribution in [0.3, 0.4) is 0 Å². The van der Waals surface area contributed by atoms with Crippen LogP contribution in [0.2, 0.25) is 0 Å². The van der Waals surface area contributed by atoms with Crippen molar-refractivity contribution in [1.29, 1.82) is 0 Å². The van der Waals surface area contributed by atoms with Crippen molar-refractivity contribution < 1.29 is 8.42 Å². The van der Waals surface area contributed by atoms with Gasteiger partial charge in [0.25, 0.3) is 0 Å². The maximum atomic E-state index is 11.8. The summed E-state index contributed by atoms with van der Waals surface area (Å²) in [5, 5.41) is 0. The molecule has 3 aliphatic rings. The van der Waals surface area contributed by atoms with Crippen molar-refractivity contribution in [2.24, 2.45) is 0 Å². The number of piperidine rings is 1. The van der Waals surface area contributed by atoms with Gasteiger partial charge in [0.1, 0.15) is 9.84 Å². The Morgan fingerprint density at radius 1 is 1.07 bits per heavy atom. The topological polar surface area (TPSA) is 63.2 Å². The summed E-state index contributed by atoms with van der Waals surface area (Å²) in [6.45, 7) is 2.09. The van der Waals surface area contributed by atoms with E-state index in [1.807, 2.05) is 24.4 Å². The highest BCUT2D eigenvalue weighted by Crippen LogP contribution is 2.45. The Balaban J connectivity index is 1.42. The van der Waals surface area contributed by atoms with Gasteiger partial charge in [0.15, 0.2) is 5.82 Å². The molecule has 6 heteroatoms. The molecule has 2 aromatic rings. The highest BCUT2D eigenvalue weighted by Gasteiger charge is 2.45. The van der Waals surface area contributed by atoms with Crippen LogP contribution in [-0.4, -0.2) is 53.9 Å². The van der Waals surface area contributed by atoms with Crippen LogP contribution in [0.25, 0.3) is 11.4 Å². The molecule has 0 saturated carbocycles. The largest absolute Gasteiger partial charge is 0.299 e. The van der Waals surface area contributed by atoms with E-state index in [1.165, 1.54) is 17.7 Å². The standard InChI is InChI=1S/C22H27N3O2S/c26-28(27)13-8-19(9-14-28)25-12-4-10-22(16-25)11-7-18-15-23-21(24-20(18)22)17-5-2-1-3-6-17/h1-3,5-6,15,19H,4,7-14,16H2. The summed E-state index contributed by atoms with van der Waals surface area (Å²) in [6.07, 6.45) is 8.12. The Kier molecular flexibility index (Phi) is 4.51. The number of nitrogens with zero attached hydrogens (tertiary/aromatic N) is 3.